The monoisotopic (exact) mass is 239 g/mol. The first-order chi connectivity index (χ1) is 7.65. The molecule has 0 aromatic carbocycles. The molecule has 0 spiro atoms. The normalized spacial score (nSPS) is 14.0. The number of nitrogens with one attached hydrogen (secondary N) is 1. The SMILES string of the molecule is CCC(CC)(CC)NC(C)Cc1cccs1. The maximum absolute atomic E-state index is 3.82. The van der Waals surface area contributed by atoms with Crippen LogP contribution in [-0.4, -0.2) is 11.6 Å². The highest BCUT2D eigenvalue weighted by Crippen LogP contribution is 2.21. The Hall–Kier alpha value is -0.340. The summed E-state index contributed by atoms with van der Waals surface area (Å²) in [6.07, 6.45) is 4.80. The summed E-state index contributed by atoms with van der Waals surface area (Å²) < 4.78 is 0. The van der Waals surface area contributed by atoms with Gasteiger partial charge in [-0.15, -0.1) is 11.3 Å². The van der Waals surface area contributed by atoms with Crippen molar-refractivity contribution in [3.63, 3.8) is 0 Å². The molecule has 1 heterocycles. The number of rotatable bonds is 7. The van der Waals surface area contributed by atoms with Crippen LogP contribution in [0.15, 0.2) is 17.5 Å². The Labute approximate surface area is 104 Å². The van der Waals surface area contributed by atoms with Crippen molar-refractivity contribution in [1.82, 2.24) is 5.32 Å². The van der Waals surface area contributed by atoms with Crippen LogP contribution in [0.2, 0.25) is 0 Å². The van der Waals surface area contributed by atoms with Crippen molar-refractivity contribution >= 4 is 11.3 Å². The maximum Gasteiger partial charge on any atom is 0.0176 e. The molecule has 1 N–H and O–H groups in total. The molecule has 0 saturated carbocycles. The molecule has 1 unspecified atom stereocenters. The van der Waals surface area contributed by atoms with Gasteiger partial charge in [-0.25, -0.2) is 0 Å². The molecule has 0 saturated heterocycles. The predicted molar refractivity (Wildman–Crippen MR) is 74.2 cm³/mol. The van der Waals surface area contributed by atoms with E-state index in [1.807, 2.05) is 11.3 Å². The highest BCUT2D eigenvalue weighted by molar-refractivity contribution is 7.09. The largest absolute Gasteiger partial charge is 0.308 e. The molecule has 1 aromatic rings. The fourth-order valence-electron chi connectivity index (χ4n) is 2.36. The third-order valence-corrected chi connectivity index (χ3v) is 4.57. The lowest BCUT2D eigenvalue weighted by atomic mass is 9.88. The molecule has 1 nitrogen and oxygen atoms in total. The highest BCUT2D eigenvalue weighted by atomic mass is 32.1. The number of thiophene rings is 1. The third kappa shape index (κ3) is 3.60. The van der Waals surface area contributed by atoms with Crippen LogP contribution in [0.1, 0.15) is 51.8 Å². The average molecular weight is 239 g/mol. The molecular formula is C14H25NS. The molecule has 92 valence electrons. The van der Waals surface area contributed by atoms with Gasteiger partial charge in [0.05, 0.1) is 0 Å². The molecule has 1 aromatic heterocycles. The molecule has 0 aliphatic carbocycles. The van der Waals surface area contributed by atoms with Crippen LogP contribution < -0.4 is 5.32 Å². The Morgan fingerprint density at radius 3 is 2.31 bits per heavy atom. The van der Waals surface area contributed by atoms with E-state index >= 15 is 0 Å². The predicted octanol–water partition coefficient (Wildman–Crippen LogP) is 4.24. The molecular weight excluding hydrogens is 214 g/mol. The summed E-state index contributed by atoms with van der Waals surface area (Å²) >= 11 is 1.86. The molecule has 0 aliphatic rings. The molecule has 1 rings (SSSR count). The third-order valence-electron chi connectivity index (χ3n) is 3.67. The molecule has 2 heteroatoms. The first-order valence-electron chi connectivity index (χ1n) is 6.45. The molecule has 0 fully saturated rings. The van der Waals surface area contributed by atoms with Crippen molar-refractivity contribution in [1.29, 1.82) is 0 Å². The lowest BCUT2D eigenvalue weighted by Crippen LogP contribution is -2.48. The topological polar surface area (TPSA) is 12.0 Å². The Kier molecular flexibility index (Phi) is 5.50. The second-order valence-electron chi connectivity index (χ2n) is 4.67. The second kappa shape index (κ2) is 6.41. The van der Waals surface area contributed by atoms with Crippen LogP contribution in [-0.2, 0) is 6.42 Å². The van der Waals surface area contributed by atoms with Crippen molar-refractivity contribution in [2.75, 3.05) is 0 Å². The van der Waals surface area contributed by atoms with Gasteiger partial charge in [0.2, 0.25) is 0 Å². The fourth-order valence-corrected chi connectivity index (χ4v) is 3.20. The summed E-state index contributed by atoms with van der Waals surface area (Å²) in [6, 6.07) is 4.94. The van der Waals surface area contributed by atoms with Crippen molar-refractivity contribution < 1.29 is 0 Å². The fraction of sp³-hybridized carbons (Fsp3) is 0.714. The van der Waals surface area contributed by atoms with E-state index in [9.17, 15) is 0 Å². The summed E-state index contributed by atoms with van der Waals surface area (Å²) in [5.74, 6) is 0. The van der Waals surface area contributed by atoms with Crippen LogP contribution in [0.3, 0.4) is 0 Å². The van der Waals surface area contributed by atoms with Gasteiger partial charge in [0.15, 0.2) is 0 Å². The second-order valence-corrected chi connectivity index (χ2v) is 5.70. The molecule has 0 bridgehead atoms. The zero-order chi connectivity index (χ0) is 12.0. The minimum Gasteiger partial charge on any atom is -0.308 e. The zero-order valence-electron chi connectivity index (χ0n) is 11.0. The van der Waals surface area contributed by atoms with E-state index in [2.05, 4.69) is 50.5 Å². The van der Waals surface area contributed by atoms with Crippen molar-refractivity contribution in [3.05, 3.63) is 22.4 Å². The van der Waals surface area contributed by atoms with Crippen LogP contribution in [0.25, 0.3) is 0 Å². The summed E-state index contributed by atoms with van der Waals surface area (Å²) in [5.41, 5.74) is 0.344. The van der Waals surface area contributed by atoms with Gasteiger partial charge in [-0.2, -0.15) is 0 Å². The van der Waals surface area contributed by atoms with Gasteiger partial charge < -0.3 is 5.32 Å². The van der Waals surface area contributed by atoms with Gasteiger partial charge in [-0.1, -0.05) is 26.8 Å². The standard InChI is InChI=1S/C14H25NS/c1-5-14(6-2,7-3)15-12(4)11-13-9-8-10-16-13/h8-10,12,15H,5-7,11H2,1-4H3. The molecule has 16 heavy (non-hydrogen) atoms. The van der Waals surface area contributed by atoms with E-state index in [4.69, 9.17) is 0 Å². The van der Waals surface area contributed by atoms with Crippen LogP contribution >= 0.6 is 11.3 Å². The van der Waals surface area contributed by atoms with Crippen molar-refractivity contribution in [2.24, 2.45) is 0 Å². The van der Waals surface area contributed by atoms with Gasteiger partial charge in [0.1, 0.15) is 0 Å². The quantitative estimate of drug-likeness (QED) is 0.750. The van der Waals surface area contributed by atoms with Gasteiger partial charge in [-0.3, -0.25) is 0 Å². The first-order valence-corrected chi connectivity index (χ1v) is 7.33. The molecule has 0 aliphatic heterocycles. The van der Waals surface area contributed by atoms with E-state index in [0.29, 0.717) is 11.6 Å². The van der Waals surface area contributed by atoms with E-state index in [1.165, 1.54) is 24.1 Å². The zero-order valence-corrected chi connectivity index (χ0v) is 11.9. The Morgan fingerprint density at radius 2 is 1.88 bits per heavy atom. The van der Waals surface area contributed by atoms with Gasteiger partial charge in [0.25, 0.3) is 0 Å². The Bertz CT molecular complexity index is 267. The molecule has 0 radical (unpaired) electrons. The smallest absolute Gasteiger partial charge is 0.0176 e. The maximum atomic E-state index is 3.82. The van der Waals surface area contributed by atoms with Gasteiger partial charge in [0, 0.05) is 16.5 Å². The molecule has 0 amide bonds. The van der Waals surface area contributed by atoms with Gasteiger partial charge in [-0.05, 0) is 44.1 Å². The summed E-state index contributed by atoms with van der Waals surface area (Å²) in [5, 5.41) is 5.99. The van der Waals surface area contributed by atoms with Crippen molar-refractivity contribution in [3.8, 4) is 0 Å². The van der Waals surface area contributed by atoms with Crippen molar-refractivity contribution in [2.45, 2.75) is 65.0 Å². The summed E-state index contributed by atoms with van der Waals surface area (Å²) in [4.78, 5) is 1.48. The van der Waals surface area contributed by atoms with E-state index in [-0.39, 0.29) is 0 Å². The minimum atomic E-state index is 0.344. The summed E-state index contributed by atoms with van der Waals surface area (Å²) in [7, 11) is 0. The number of hydrogen-bond donors (Lipinski definition) is 1. The van der Waals surface area contributed by atoms with E-state index in [1.54, 1.807) is 0 Å². The lowest BCUT2D eigenvalue weighted by Gasteiger charge is -2.35. The van der Waals surface area contributed by atoms with Crippen LogP contribution in [0.4, 0.5) is 0 Å². The van der Waals surface area contributed by atoms with Crippen LogP contribution in [0, 0.1) is 0 Å². The van der Waals surface area contributed by atoms with E-state index < -0.39 is 0 Å². The Balaban J connectivity index is 2.51. The Morgan fingerprint density at radius 1 is 1.25 bits per heavy atom. The highest BCUT2D eigenvalue weighted by Gasteiger charge is 2.25. The molecule has 1 atom stereocenters. The van der Waals surface area contributed by atoms with E-state index in [0.717, 1.165) is 6.42 Å². The van der Waals surface area contributed by atoms with Crippen LogP contribution in [0.5, 0.6) is 0 Å². The van der Waals surface area contributed by atoms with Gasteiger partial charge >= 0.3 is 0 Å². The average Bonchev–Trinajstić information content (AvgIpc) is 2.79. The lowest BCUT2D eigenvalue weighted by molar-refractivity contribution is 0.261. The number of hydrogen-bond acceptors (Lipinski definition) is 2. The minimum absolute atomic E-state index is 0.344. The summed E-state index contributed by atoms with van der Waals surface area (Å²) in [6.45, 7) is 9.17. The first kappa shape index (κ1) is 13.7.